The Hall–Kier alpha value is -3.51. The van der Waals surface area contributed by atoms with E-state index in [1.54, 1.807) is 46.0 Å². The van der Waals surface area contributed by atoms with E-state index in [-0.39, 0.29) is 30.9 Å². The lowest BCUT2D eigenvalue weighted by Gasteiger charge is -2.46. The number of carbonyl (C=O) groups is 4. The third-order valence-electron chi connectivity index (χ3n) is 12.4. The average Bonchev–Trinajstić information content (AvgIpc) is 3.78. The molecule has 1 aromatic heterocycles. The van der Waals surface area contributed by atoms with E-state index >= 15 is 0 Å². The molecule has 4 heterocycles. The van der Waals surface area contributed by atoms with Crippen LogP contribution in [0.3, 0.4) is 0 Å². The number of hydrogen-bond donors (Lipinski definition) is 3. The number of carbonyl (C=O) groups excluding carboxylic acids is 4. The summed E-state index contributed by atoms with van der Waals surface area (Å²) in [5.74, 6) is -4.51. The van der Waals surface area contributed by atoms with Gasteiger partial charge in [-0.15, -0.1) is 11.3 Å². The maximum atomic E-state index is 14.4. The van der Waals surface area contributed by atoms with Gasteiger partial charge in [0, 0.05) is 48.2 Å². The fraction of sp³-hybridized carbons (Fsp3) is 0.698. The number of hydrogen-bond acceptors (Lipinski definition) is 14. The molecule has 2 aromatic rings. The molecule has 3 saturated heterocycles. The Morgan fingerprint density at radius 3 is 2.42 bits per heavy atom. The number of benzene rings is 1. The van der Waals surface area contributed by atoms with E-state index in [1.165, 1.54) is 19.0 Å². The van der Waals surface area contributed by atoms with Crippen LogP contribution < -0.4 is 10.7 Å². The van der Waals surface area contributed by atoms with Crippen LogP contribution in [0.2, 0.25) is 0 Å². The second-order valence-corrected chi connectivity index (χ2v) is 18.3. The molecule has 5 rings (SSSR count). The van der Waals surface area contributed by atoms with E-state index in [4.69, 9.17) is 23.7 Å². The van der Waals surface area contributed by atoms with Crippen LogP contribution >= 0.6 is 11.3 Å². The highest BCUT2D eigenvalue weighted by atomic mass is 32.1. The topological polar surface area (TPSA) is 178 Å². The van der Waals surface area contributed by atoms with Crippen LogP contribution in [0.1, 0.15) is 86.0 Å². The fourth-order valence-electron chi connectivity index (χ4n) is 8.97. The Labute approximate surface area is 352 Å². The lowest BCUT2D eigenvalue weighted by atomic mass is 9.78. The summed E-state index contributed by atoms with van der Waals surface area (Å²) in [6, 6.07) is 8.17. The summed E-state index contributed by atoms with van der Waals surface area (Å²) in [4.78, 5) is 63.9. The molecule has 16 heteroatoms. The van der Waals surface area contributed by atoms with Crippen molar-refractivity contribution in [2.24, 2.45) is 17.8 Å². The van der Waals surface area contributed by atoms with Gasteiger partial charge in [0.2, 0.25) is 5.91 Å². The zero-order valence-corrected chi connectivity index (χ0v) is 37.2. The van der Waals surface area contributed by atoms with E-state index in [0.29, 0.717) is 19.4 Å². The van der Waals surface area contributed by atoms with Gasteiger partial charge in [0.15, 0.2) is 17.7 Å². The number of aryl methyl sites for hydroxylation is 1. The van der Waals surface area contributed by atoms with E-state index in [2.05, 4.69) is 15.7 Å². The number of aliphatic hydroxyl groups is 1. The highest BCUT2D eigenvalue weighted by Crippen LogP contribution is 2.40. The number of cyclic esters (lactones) is 1. The fourth-order valence-corrected chi connectivity index (χ4v) is 9.92. The molecule has 0 spiro atoms. The van der Waals surface area contributed by atoms with Crippen molar-refractivity contribution in [1.82, 2.24) is 25.6 Å². The van der Waals surface area contributed by atoms with Crippen LogP contribution in [0.4, 0.5) is 4.79 Å². The Bertz CT molecular complexity index is 1760. The van der Waals surface area contributed by atoms with Gasteiger partial charge in [-0.05, 0) is 80.8 Å². The number of fused-ring (bicyclic) bond motifs is 1. The minimum absolute atomic E-state index is 0.0964. The summed E-state index contributed by atoms with van der Waals surface area (Å²) in [5.41, 5.74) is 1.59. The third kappa shape index (κ3) is 10.2. The van der Waals surface area contributed by atoms with Crippen molar-refractivity contribution in [3.63, 3.8) is 0 Å². The summed E-state index contributed by atoms with van der Waals surface area (Å²) < 4.78 is 31.1. The van der Waals surface area contributed by atoms with Gasteiger partial charge in [0.05, 0.1) is 23.9 Å². The zero-order valence-electron chi connectivity index (χ0n) is 36.4. The van der Waals surface area contributed by atoms with Gasteiger partial charge in [0.25, 0.3) is 0 Å². The maximum Gasteiger partial charge on any atom is 0.425 e. The van der Waals surface area contributed by atoms with Crippen molar-refractivity contribution in [2.45, 2.75) is 148 Å². The van der Waals surface area contributed by atoms with Crippen LogP contribution in [0.5, 0.6) is 0 Å². The number of rotatable bonds is 11. The van der Waals surface area contributed by atoms with E-state index in [1.807, 2.05) is 69.4 Å². The molecular formula is C43H65N5O10S. The Morgan fingerprint density at radius 1 is 1.08 bits per heavy atom. The first-order valence-corrected chi connectivity index (χ1v) is 21.7. The molecule has 3 aliphatic rings. The standard InChI is InChI=1S/C43H65N5O10S/c1-12-32-43(8)35(48(41(53)58-43)45-20-16-19-30-23-44-38(59-30)29-17-14-13-15-18-29)28(6)46-37(51)24(2)22-42(7,54-11)36(26(4)33(49)27(5)39(52)56-32)57-40-34(50)31(47(9)10)21-25(3)55-40/h13-15,17-18,23-28,31-32,34-36,40,45,50H,12,16,19-22H2,1-11H3,(H,46,51)/t24-,25-,26+,27-,28?,31+,32-,34-,35-,36-,40+,42+,43-/m1/s1. The van der Waals surface area contributed by atoms with Gasteiger partial charge < -0.3 is 39.0 Å². The maximum absolute atomic E-state index is 14.4. The number of methoxy groups -OCH3 is 1. The molecule has 0 radical (unpaired) electrons. The van der Waals surface area contributed by atoms with Crippen molar-refractivity contribution in [2.75, 3.05) is 27.7 Å². The predicted octanol–water partition coefficient (Wildman–Crippen LogP) is 4.75. The minimum atomic E-state index is -1.43. The molecule has 1 unspecified atom stereocenters. The van der Waals surface area contributed by atoms with Crippen LogP contribution in [-0.2, 0) is 44.5 Å². The van der Waals surface area contributed by atoms with Gasteiger partial charge in [-0.1, -0.05) is 51.1 Å². The molecule has 13 atom stereocenters. The van der Waals surface area contributed by atoms with Crippen molar-refractivity contribution in [3.8, 4) is 10.6 Å². The second-order valence-electron chi connectivity index (χ2n) is 17.2. The SMILES string of the molecule is CC[C@H]1OC(=O)[C@H](C)C(=O)[C@H](C)[C@@H](O[C@@H]2O[C@H](C)C[C@H](N(C)C)[C@H]2O)[C@@](C)(OC)C[C@@H](C)C(=O)NC(C)[C@H]2N(NCCCc3cnc(-c4ccccc4)s3)C(=O)O[C@]12C. The summed E-state index contributed by atoms with van der Waals surface area (Å²) in [5, 5.41) is 16.9. The van der Waals surface area contributed by atoms with Gasteiger partial charge in [-0.2, -0.15) is 0 Å². The highest BCUT2D eigenvalue weighted by Gasteiger charge is 2.59. The number of amides is 2. The number of hydrazine groups is 1. The van der Waals surface area contributed by atoms with Crippen LogP contribution in [-0.4, -0.2) is 132 Å². The summed E-state index contributed by atoms with van der Waals surface area (Å²) in [6.45, 7) is 14.2. The molecule has 1 aromatic carbocycles. The number of Topliss-reactive ketones (excluding diaryl/α,β-unsaturated/α-hetero) is 1. The molecule has 2 amide bonds. The van der Waals surface area contributed by atoms with Crippen LogP contribution in [0.15, 0.2) is 36.5 Å². The number of nitrogens with zero attached hydrogens (tertiary/aromatic N) is 3. The number of ketones is 1. The van der Waals surface area contributed by atoms with E-state index in [0.717, 1.165) is 21.9 Å². The zero-order chi connectivity index (χ0) is 43.4. The molecule has 328 valence electrons. The predicted molar refractivity (Wildman–Crippen MR) is 222 cm³/mol. The van der Waals surface area contributed by atoms with Crippen molar-refractivity contribution < 1.29 is 48.0 Å². The van der Waals surface area contributed by atoms with E-state index in [9.17, 15) is 24.3 Å². The lowest BCUT2D eigenvalue weighted by Crippen LogP contribution is -2.63. The molecule has 15 nitrogen and oxygen atoms in total. The Balaban J connectivity index is 1.41. The molecule has 0 bridgehead atoms. The number of aromatic nitrogens is 1. The number of ether oxygens (including phenoxy) is 5. The first-order valence-electron chi connectivity index (χ1n) is 20.9. The Kier molecular flexibility index (Phi) is 15.4. The number of thiazole rings is 1. The smallest absolute Gasteiger partial charge is 0.425 e. The molecule has 3 N–H and O–H groups in total. The average molecular weight is 844 g/mol. The van der Waals surface area contributed by atoms with Gasteiger partial charge in [-0.3, -0.25) is 14.4 Å². The first-order chi connectivity index (χ1) is 27.8. The quantitative estimate of drug-likeness (QED) is 0.161. The van der Waals surface area contributed by atoms with E-state index < -0.39 is 83.5 Å². The molecule has 3 aliphatic heterocycles. The molecule has 3 fully saturated rings. The van der Waals surface area contributed by atoms with Gasteiger partial charge in [-0.25, -0.2) is 20.2 Å². The summed E-state index contributed by atoms with van der Waals surface area (Å²) >= 11 is 1.62. The molecule has 59 heavy (non-hydrogen) atoms. The number of nitrogens with one attached hydrogen (secondary N) is 2. The third-order valence-corrected chi connectivity index (χ3v) is 13.5. The summed E-state index contributed by atoms with van der Waals surface area (Å²) in [7, 11) is 5.22. The largest absolute Gasteiger partial charge is 0.457 e. The van der Waals surface area contributed by atoms with Crippen molar-refractivity contribution in [3.05, 3.63) is 41.4 Å². The first kappa shape index (κ1) is 46.6. The lowest BCUT2D eigenvalue weighted by molar-refractivity contribution is -0.295. The second kappa shape index (κ2) is 19.5. The Morgan fingerprint density at radius 2 is 1.78 bits per heavy atom. The molecule has 0 aliphatic carbocycles. The van der Waals surface area contributed by atoms with Crippen molar-refractivity contribution >= 4 is 35.1 Å². The highest BCUT2D eigenvalue weighted by molar-refractivity contribution is 7.15. The molecular weight excluding hydrogens is 779 g/mol. The minimum Gasteiger partial charge on any atom is -0.457 e. The monoisotopic (exact) mass is 843 g/mol. The molecule has 0 saturated carbocycles. The van der Waals surface area contributed by atoms with Crippen molar-refractivity contribution in [1.29, 1.82) is 0 Å². The van der Waals surface area contributed by atoms with Gasteiger partial charge in [0.1, 0.15) is 29.2 Å². The number of esters is 1. The normalized spacial score (nSPS) is 36.4. The van der Waals surface area contributed by atoms with Crippen LogP contribution in [0.25, 0.3) is 10.6 Å². The van der Waals surface area contributed by atoms with Crippen LogP contribution in [0, 0.1) is 17.8 Å². The van der Waals surface area contributed by atoms with Gasteiger partial charge >= 0.3 is 12.1 Å². The number of likely N-dealkylation sites (N-methyl/N-ethyl adjacent to an activating group) is 1. The summed E-state index contributed by atoms with van der Waals surface area (Å²) in [6.07, 6.45) is -0.996. The number of aliphatic hydroxyl groups excluding tert-OH is 1.